The second-order valence-electron chi connectivity index (χ2n) is 4.23. The Morgan fingerprint density at radius 3 is 2.16 bits per heavy atom. The van der Waals surface area contributed by atoms with Crippen LogP contribution in [0.2, 0.25) is 0 Å². The van der Waals surface area contributed by atoms with Crippen LogP contribution in [-0.2, 0) is 7.05 Å². The zero-order valence-corrected chi connectivity index (χ0v) is 11.4. The molecule has 5 nitrogen and oxygen atoms in total. The summed E-state index contributed by atoms with van der Waals surface area (Å²) in [6.07, 6.45) is 1.71. The van der Waals surface area contributed by atoms with E-state index in [9.17, 15) is 4.79 Å². The van der Waals surface area contributed by atoms with Crippen molar-refractivity contribution in [1.82, 2.24) is 9.78 Å². The van der Waals surface area contributed by atoms with Crippen molar-refractivity contribution in [3.63, 3.8) is 0 Å². The van der Waals surface area contributed by atoms with E-state index in [1.54, 1.807) is 50.3 Å². The molecule has 0 unspecified atom stereocenters. The number of aromatic nitrogens is 2. The zero-order chi connectivity index (χ0) is 14.0. The molecule has 2 aromatic rings. The molecule has 2 rings (SSSR count). The highest BCUT2D eigenvalue weighted by Gasteiger charge is 2.16. The Balaban J connectivity index is 2.46. The van der Waals surface area contributed by atoms with Crippen molar-refractivity contribution in [2.24, 2.45) is 7.05 Å². The van der Waals surface area contributed by atoms with Crippen molar-refractivity contribution < 1.29 is 14.3 Å². The van der Waals surface area contributed by atoms with Crippen LogP contribution >= 0.6 is 0 Å². The van der Waals surface area contributed by atoms with Crippen molar-refractivity contribution in [3.8, 4) is 11.5 Å². The van der Waals surface area contributed by atoms with Gasteiger partial charge >= 0.3 is 0 Å². The van der Waals surface area contributed by atoms with Crippen molar-refractivity contribution in [2.75, 3.05) is 14.2 Å². The SMILES string of the molecule is COc1cc(OC)cc(C(=O)c2cn(C)nc2C)c1. The third-order valence-electron chi connectivity index (χ3n) is 2.87. The van der Waals surface area contributed by atoms with Crippen molar-refractivity contribution >= 4 is 5.78 Å². The van der Waals surface area contributed by atoms with Gasteiger partial charge in [0.05, 0.1) is 25.5 Å². The van der Waals surface area contributed by atoms with Gasteiger partial charge in [0.1, 0.15) is 11.5 Å². The minimum absolute atomic E-state index is 0.0946. The van der Waals surface area contributed by atoms with Gasteiger partial charge in [0.15, 0.2) is 5.78 Å². The highest BCUT2D eigenvalue weighted by molar-refractivity contribution is 6.10. The molecule has 0 spiro atoms. The van der Waals surface area contributed by atoms with Crippen LogP contribution in [0.15, 0.2) is 24.4 Å². The topological polar surface area (TPSA) is 53.4 Å². The predicted octanol–water partition coefficient (Wildman–Crippen LogP) is 1.98. The minimum Gasteiger partial charge on any atom is -0.497 e. The lowest BCUT2D eigenvalue weighted by Crippen LogP contribution is -2.03. The summed E-state index contributed by atoms with van der Waals surface area (Å²) in [6, 6.07) is 5.11. The van der Waals surface area contributed by atoms with Gasteiger partial charge in [-0.05, 0) is 19.1 Å². The quantitative estimate of drug-likeness (QED) is 0.789. The number of aryl methyl sites for hydroxylation is 2. The lowest BCUT2D eigenvalue weighted by molar-refractivity contribution is 0.103. The van der Waals surface area contributed by atoms with Crippen LogP contribution in [0.4, 0.5) is 0 Å². The normalized spacial score (nSPS) is 10.3. The molecule has 0 aliphatic carbocycles. The maximum atomic E-state index is 12.5. The Morgan fingerprint density at radius 2 is 1.74 bits per heavy atom. The number of benzene rings is 1. The Hall–Kier alpha value is -2.30. The molecule has 0 N–H and O–H groups in total. The maximum absolute atomic E-state index is 12.5. The summed E-state index contributed by atoms with van der Waals surface area (Å²) in [5.74, 6) is 1.08. The van der Waals surface area contributed by atoms with Gasteiger partial charge < -0.3 is 9.47 Å². The van der Waals surface area contributed by atoms with Gasteiger partial charge in [-0.3, -0.25) is 9.48 Å². The molecule has 1 aromatic carbocycles. The fourth-order valence-electron chi connectivity index (χ4n) is 1.92. The fourth-order valence-corrected chi connectivity index (χ4v) is 1.92. The summed E-state index contributed by atoms with van der Waals surface area (Å²) in [4.78, 5) is 12.5. The average Bonchev–Trinajstić information content (AvgIpc) is 2.76. The number of hydrogen-bond donors (Lipinski definition) is 0. The molecule has 0 saturated carbocycles. The second kappa shape index (κ2) is 5.14. The Kier molecular flexibility index (Phi) is 3.55. The van der Waals surface area contributed by atoms with Crippen LogP contribution in [0.5, 0.6) is 11.5 Å². The summed E-state index contributed by atoms with van der Waals surface area (Å²) in [6.45, 7) is 1.81. The number of methoxy groups -OCH3 is 2. The third-order valence-corrected chi connectivity index (χ3v) is 2.87. The molecular weight excluding hydrogens is 244 g/mol. The average molecular weight is 260 g/mol. The van der Waals surface area contributed by atoms with Crippen LogP contribution in [0.3, 0.4) is 0 Å². The highest BCUT2D eigenvalue weighted by atomic mass is 16.5. The molecule has 19 heavy (non-hydrogen) atoms. The zero-order valence-electron chi connectivity index (χ0n) is 11.4. The third kappa shape index (κ3) is 2.59. The maximum Gasteiger partial charge on any atom is 0.196 e. The van der Waals surface area contributed by atoms with Crippen LogP contribution < -0.4 is 9.47 Å². The lowest BCUT2D eigenvalue weighted by atomic mass is 10.0. The molecule has 0 amide bonds. The number of nitrogens with zero attached hydrogens (tertiary/aromatic N) is 2. The molecule has 5 heteroatoms. The lowest BCUT2D eigenvalue weighted by Gasteiger charge is -2.07. The van der Waals surface area contributed by atoms with E-state index in [1.165, 1.54) is 0 Å². The van der Waals surface area contributed by atoms with E-state index >= 15 is 0 Å². The highest BCUT2D eigenvalue weighted by Crippen LogP contribution is 2.24. The minimum atomic E-state index is -0.0946. The van der Waals surface area contributed by atoms with Gasteiger partial charge in [-0.25, -0.2) is 0 Å². The van der Waals surface area contributed by atoms with Gasteiger partial charge in [0, 0.05) is 24.9 Å². The Bertz CT molecular complexity index is 595. The van der Waals surface area contributed by atoms with Crippen molar-refractivity contribution in [1.29, 1.82) is 0 Å². The first-order valence-corrected chi connectivity index (χ1v) is 5.83. The van der Waals surface area contributed by atoms with E-state index < -0.39 is 0 Å². The fraction of sp³-hybridized carbons (Fsp3) is 0.286. The summed E-state index contributed by atoms with van der Waals surface area (Å²) in [5, 5.41) is 4.18. The first-order valence-electron chi connectivity index (χ1n) is 5.83. The molecule has 0 atom stereocenters. The first-order chi connectivity index (χ1) is 9.05. The second-order valence-corrected chi connectivity index (χ2v) is 4.23. The largest absolute Gasteiger partial charge is 0.497 e. The molecule has 0 saturated heterocycles. The van der Waals surface area contributed by atoms with Crippen LogP contribution in [0, 0.1) is 6.92 Å². The molecule has 1 heterocycles. The smallest absolute Gasteiger partial charge is 0.196 e. The van der Waals surface area contributed by atoms with Gasteiger partial charge in [0.25, 0.3) is 0 Å². The number of ketones is 1. The molecule has 0 bridgehead atoms. The standard InChI is InChI=1S/C14H16N2O3/c1-9-13(8-16(2)15-9)14(17)10-5-11(18-3)7-12(6-10)19-4/h5-8H,1-4H3. The van der Waals surface area contributed by atoms with Gasteiger partial charge in [0.2, 0.25) is 0 Å². The van der Waals surface area contributed by atoms with Gasteiger partial charge in [-0.2, -0.15) is 5.10 Å². The number of carbonyl (C=O) groups is 1. The van der Waals surface area contributed by atoms with Gasteiger partial charge in [-0.15, -0.1) is 0 Å². The number of hydrogen-bond acceptors (Lipinski definition) is 4. The van der Waals surface area contributed by atoms with E-state index in [0.29, 0.717) is 28.3 Å². The Labute approximate surface area is 111 Å². The van der Waals surface area contributed by atoms with Gasteiger partial charge in [-0.1, -0.05) is 0 Å². The monoisotopic (exact) mass is 260 g/mol. The summed E-state index contributed by atoms with van der Waals surface area (Å²) in [7, 11) is 4.90. The summed E-state index contributed by atoms with van der Waals surface area (Å²) < 4.78 is 12.0. The molecular formula is C14H16N2O3. The van der Waals surface area contributed by atoms with E-state index in [2.05, 4.69) is 5.10 Å². The summed E-state index contributed by atoms with van der Waals surface area (Å²) >= 11 is 0. The van der Waals surface area contributed by atoms with Crippen LogP contribution in [0.25, 0.3) is 0 Å². The number of rotatable bonds is 4. The van der Waals surface area contributed by atoms with E-state index in [1.807, 2.05) is 6.92 Å². The molecule has 100 valence electrons. The predicted molar refractivity (Wildman–Crippen MR) is 70.9 cm³/mol. The molecule has 0 aliphatic rings. The van der Waals surface area contributed by atoms with E-state index in [0.717, 1.165) is 0 Å². The van der Waals surface area contributed by atoms with Crippen LogP contribution in [-0.4, -0.2) is 29.8 Å². The number of carbonyl (C=O) groups excluding carboxylic acids is 1. The molecule has 0 fully saturated rings. The summed E-state index contributed by atoms with van der Waals surface area (Å²) in [5.41, 5.74) is 1.80. The van der Waals surface area contributed by atoms with Crippen molar-refractivity contribution in [3.05, 3.63) is 41.2 Å². The first kappa shape index (κ1) is 13.1. The van der Waals surface area contributed by atoms with Crippen molar-refractivity contribution in [2.45, 2.75) is 6.92 Å². The molecule has 0 aliphatic heterocycles. The molecule has 0 radical (unpaired) electrons. The Morgan fingerprint density at radius 1 is 1.16 bits per heavy atom. The molecule has 1 aromatic heterocycles. The van der Waals surface area contributed by atoms with E-state index in [-0.39, 0.29) is 5.78 Å². The number of ether oxygens (including phenoxy) is 2. The van der Waals surface area contributed by atoms with Crippen LogP contribution in [0.1, 0.15) is 21.6 Å². The van der Waals surface area contributed by atoms with E-state index in [4.69, 9.17) is 9.47 Å².